The molecule has 0 atom stereocenters. The lowest BCUT2D eigenvalue weighted by Gasteiger charge is -2.16. The Bertz CT molecular complexity index is 865. The molecule has 1 fully saturated rings. The van der Waals surface area contributed by atoms with Gasteiger partial charge in [0.05, 0.1) is 18.6 Å². The van der Waals surface area contributed by atoms with Crippen LogP contribution in [-0.4, -0.2) is 35.0 Å². The summed E-state index contributed by atoms with van der Waals surface area (Å²) in [4.78, 5) is 18.1. The molecule has 26 heavy (non-hydrogen) atoms. The van der Waals surface area contributed by atoms with Crippen LogP contribution in [0.2, 0.25) is 4.47 Å². The van der Waals surface area contributed by atoms with E-state index in [9.17, 15) is 10.1 Å². The minimum atomic E-state index is -0.378. The van der Waals surface area contributed by atoms with Gasteiger partial charge in [0.25, 0.3) is 0 Å². The van der Waals surface area contributed by atoms with Crippen molar-refractivity contribution in [3.63, 3.8) is 0 Å². The predicted molar refractivity (Wildman–Crippen MR) is 102 cm³/mol. The Kier molecular flexibility index (Phi) is 5.75. The fourth-order valence-corrected chi connectivity index (χ4v) is 3.63. The van der Waals surface area contributed by atoms with Crippen LogP contribution in [0.15, 0.2) is 48.1 Å². The third-order valence-corrected chi connectivity index (χ3v) is 4.93. The zero-order chi connectivity index (χ0) is 18.5. The third kappa shape index (κ3) is 4.33. The highest BCUT2D eigenvalue weighted by Gasteiger charge is 2.26. The summed E-state index contributed by atoms with van der Waals surface area (Å²) in [5.74, 6) is 1.20. The number of aromatic nitrogens is 1. The van der Waals surface area contributed by atoms with Crippen molar-refractivity contribution in [2.75, 3.05) is 20.2 Å². The van der Waals surface area contributed by atoms with E-state index in [4.69, 9.17) is 16.3 Å². The van der Waals surface area contributed by atoms with E-state index in [-0.39, 0.29) is 10.6 Å². The molecule has 0 bridgehead atoms. The number of hydrogen-bond acceptors (Lipinski definition) is 7. The van der Waals surface area contributed by atoms with Gasteiger partial charge in [-0.25, -0.2) is 4.98 Å². The number of nitro groups is 1. The van der Waals surface area contributed by atoms with Crippen LogP contribution in [0, 0.1) is 10.1 Å². The van der Waals surface area contributed by atoms with Gasteiger partial charge < -0.3 is 15.0 Å². The zero-order valence-corrected chi connectivity index (χ0v) is 15.6. The molecule has 0 unspecified atom stereocenters. The van der Waals surface area contributed by atoms with E-state index in [2.05, 4.69) is 10.3 Å². The van der Waals surface area contributed by atoms with Crippen molar-refractivity contribution in [1.82, 2.24) is 15.2 Å². The van der Waals surface area contributed by atoms with Gasteiger partial charge in [0.2, 0.25) is 0 Å². The summed E-state index contributed by atoms with van der Waals surface area (Å²) in [6.45, 7) is 1.85. The minimum absolute atomic E-state index is 0.0148. The maximum absolute atomic E-state index is 11.6. The number of rotatable bonds is 6. The quantitative estimate of drug-likeness (QED) is 0.599. The van der Waals surface area contributed by atoms with Crippen LogP contribution in [0.1, 0.15) is 10.4 Å². The number of methoxy groups -OCH3 is 1. The molecule has 0 amide bonds. The van der Waals surface area contributed by atoms with Crippen LogP contribution in [0.5, 0.6) is 5.75 Å². The summed E-state index contributed by atoms with van der Waals surface area (Å²) in [7, 11) is 1.58. The van der Waals surface area contributed by atoms with Gasteiger partial charge in [-0.2, -0.15) is 0 Å². The fraction of sp³-hybridized carbons (Fsp3) is 0.235. The Morgan fingerprint density at radius 1 is 1.58 bits per heavy atom. The first-order valence-electron chi connectivity index (χ1n) is 7.86. The summed E-state index contributed by atoms with van der Waals surface area (Å²) in [5.41, 5.74) is 0.837. The van der Waals surface area contributed by atoms with Crippen LogP contribution < -0.4 is 10.1 Å². The van der Waals surface area contributed by atoms with Gasteiger partial charge in [0.1, 0.15) is 5.75 Å². The Labute approximate surface area is 159 Å². The monoisotopic (exact) mass is 392 g/mol. The van der Waals surface area contributed by atoms with Crippen molar-refractivity contribution >= 4 is 29.0 Å². The number of nitrogens with zero attached hydrogens (tertiary/aromatic N) is 3. The molecule has 3 rings (SSSR count). The number of benzene rings is 1. The summed E-state index contributed by atoms with van der Waals surface area (Å²) in [5, 5.41) is 14.7. The maximum Gasteiger partial charge on any atom is 0.309 e. The lowest BCUT2D eigenvalue weighted by atomic mass is 10.2. The normalized spacial score (nSPS) is 16.0. The second-order valence-electron chi connectivity index (χ2n) is 5.53. The van der Waals surface area contributed by atoms with Crippen molar-refractivity contribution in [1.29, 1.82) is 0 Å². The van der Waals surface area contributed by atoms with Crippen molar-refractivity contribution in [3.8, 4) is 5.75 Å². The Morgan fingerprint density at radius 2 is 2.42 bits per heavy atom. The maximum atomic E-state index is 11.6. The van der Waals surface area contributed by atoms with Gasteiger partial charge >= 0.3 is 5.70 Å². The number of allylic oxidation sites excluding steroid dienone is 1. The van der Waals surface area contributed by atoms with E-state index in [1.165, 1.54) is 17.4 Å². The highest BCUT2D eigenvalue weighted by atomic mass is 35.5. The highest BCUT2D eigenvalue weighted by molar-refractivity contribution is 7.15. The van der Waals surface area contributed by atoms with E-state index in [1.807, 2.05) is 29.2 Å². The van der Waals surface area contributed by atoms with Crippen LogP contribution in [0.25, 0.3) is 6.08 Å². The number of hydrogen-bond donors (Lipinski definition) is 1. The first-order valence-corrected chi connectivity index (χ1v) is 9.06. The predicted octanol–water partition coefficient (Wildman–Crippen LogP) is 3.37. The smallest absolute Gasteiger partial charge is 0.309 e. The molecule has 136 valence electrons. The molecule has 0 spiro atoms. The summed E-state index contributed by atoms with van der Waals surface area (Å²) in [6, 6.07) is 7.34. The van der Waals surface area contributed by atoms with Crippen molar-refractivity contribution in [2.45, 2.75) is 6.54 Å². The molecule has 1 aliphatic rings. The number of ether oxygens (including phenoxy) is 1. The molecule has 2 heterocycles. The standard InChI is InChI=1S/C17H17ClN4O3S/c1-25-13-4-2-3-12(9-13)5-6-15(22(23)24)16-19-7-8-21(16)11-14-10-20-17(18)26-14/h2-6,9-10,19H,7-8,11H2,1H3/b6-5+,16-15+. The summed E-state index contributed by atoms with van der Waals surface area (Å²) in [6.07, 6.45) is 4.91. The molecule has 2 aromatic rings. The van der Waals surface area contributed by atoms with E-state index in [0.717, 1.165) is 10.4 Å². The molecule has 0 saturated carbocycles. The topological polar surface area (TPSA) is 80.5 Å². The van der Waals surface area contributed by atoms with E-state index >= 15 is 0 Å². The molecular formula is C17H17ClN4O3S. The second kappa shape index (κ2) is 8.20. The minimum Gasteiger partial charge on any atom is -0.497 e. The molecule has 1 aliphatic heterocycles. The molecule has 0 aliphatic carbocycles. The van der Waals surface area contributed by atoms with Gasteiger partial charge in [-0.05, 0) is 23.8 Å². The summed E-state index contributed by atoms with van der Waals surface area (Å²) < 4.78 is 5.64. The zero-order valence-electron chi connectivity index (χ0n) is 14.0. The molecule has 0 radical (unpaired) electrons. The van der Waals surface area contributed by atoms with Crippen LogP contribution in [0.4, 0.5) is 0 Å². The third-order valence-electron chi connectivity index (χ3n) is 3.83. The van der Waals surface area contributed by atoms with Gasteiger partial charge in [-0.3, -0.25) is 10.1 Å². The molecule has 9 heteroatoms. The lowest BCUT2D eigenvalue weighted by Crippen LogP contribution is -2.22. The van der Waals surface area contributed by atoms with Gasteiger partial charge in [0, 0.05) is 30.2 Å². The number of halogens is 1. The lowest BCUT2D eigenvalue weighted by molar-refractivity contribution is -0.421. The largest absolute Gasteiger partial charge is 0.497 e. The first kappa shape index (κ1) is 18.2. The number of thiazole rings is 1. The van der Waals surface area contributed by atoms with E-state index in [1.54, 1.807) is 19.4 Å². The second-order valence-corrected chi connectivity index (χ2v) is 7.23. The van der Waals surface area contributed by atoms with Gasteiger partial charge in [0.15, 0.2) is 10.3 Å². The van der Waals surface area contributed by atoms with Gasteiger partial charge in [-0.15, -0.1) is 11.3 Å². The SMILES string of the molecule is COc1cccc(/C=C/C(=C2/NCCN2Cc2cnc(Cl)s2)[N+](=O)[O-])c1. The average Bonchev–Trinajstić information content (AvgIpc) is 3.25. The Hall–Kier alpha value is -2.58. The summed E-state index contributed by atoms with van der Waals surface area (Å²) >= 11 is 7.24. The molecule has 1 aromatic carbocycles. The van der Waals surface area contributed by atoms with Crippen molar-refractivity contribution in [3.05, 3.63) is 73.1 Å². The van der Waals surface area contributed by atoms with Crippen LogP contribution >= 0.6 is 22.9 Å². The van der Waals surface area contributed by atoms with E-state index < -0.39 is 0 Å². The Balaban J connectivity index is 1.86. The first-order chi connectivity index (χ1) is 12.6. The van der Waals surface area contributed by atoms with E-state index in [0.29, 0.717) is 35.7 Å². The molecule has 1 N–H and O–H groups in total. The highest BCUT2D eigenvalue weighted by Crippen LogP contribution is 2.24. The van der Waals surface area contributed by atoms with Gasteiger partial charge in [-0.1, -0.05) is 23.7 Å². The number of nitrogens with one attached hydrogen (secondary N) is 1. The molecule has 1 saturated heterocycles. The molecular weight excluding hydrogens is 376 g/mol. The van der Waals surface area contributed by atoms with Crippen molar-refractivity contribution in [2.24, 2.45) is 0 Å². The molecule has 7 nitrogen and oxygen atoms in total. The van der Waals surface area contributed by atoms with Crippen LogP contribution in [0.3, 0.4) is 0 Å². The Morgan fingerprint density at radius 3 is 3.12 bits per heavy atom. The van der Waals surface area contributed by atoms with Crippen LogP contribution in [-0.2, 0) is 6.54 Å². The van der Waals surface area contributed by atoms with Crippen molar-refractivity contribution < 1.29 is 9.66 Å². The molecule has 1 aromatic heterocycles. The fourth-order valence-electron chi connectivity index (χ4n) is 2.63. The average molecular weight is 393 g/mol.